The molecule has 0 aromatic heterocycles. The normalized spacial score (nSPS) is 11.7. The van der Waals surface area contributed by atoms with E-state index in [0.717, 1.165) is 18.2 Å². The van der Waals surface area contributed by atoms with Crippen LogP contribution in [-0.2, 0) is 0 Å². The number of hydrogen-bond donors (Lipinski definition) is 2. The predicted molar refractivity (Wildman–Crippen MR) is 106 cm³/mol. The molecule has 2 rings (SSSR count). The maximum absolute atomic E-state index is 12.4. The third-order valence-corrected chi connectivity index (χ3v) is 4.17. The Morgan fingerprint density at radius 3 is 1.90 bits per heavy atom. The molecular weight excluding hydrogens is 481 g/mol. The van der Waals surface area contributed by atoms with Gasteiger partial charge in [-0.1, -0.05) is 29.3 Å². The smallest absolute Gasteiger partial charge is 0.422 e. The summed E-state index contributed by atoms with van der Waals surface area (Å²) in [5, 5.41) is 5.67. The van der Waals surface area contributed by atoms with Crippen molar-refractivity contribution < 1.29 is 35.8 Å². The van der Waals surface area contributed by atoms with Gasteiger partial charge in [0.1, 0.15) is 11.5 Å². The van der Waals surface area contributed by atoms with Crippen LogP contribution in [0.3, 0.4) is 0 Å². The van der Waals surface area contributed by atoms with E-state index in [0.29, 0.717) is 5.69 Å². The van der Waals surface area contributed by atoms with Gasteiger partial charge in [-0.25, -0.2) is 0 Å². The lowest BCUT2D eigenvalue weighted by molar-refractivity contribution is -0.153. The average molecular weight is 493 g/mol. The van der Waals surface area contributed by atoms with E-state index in [1.807, 2.05) is 0 Å². The standard InChI is InChI=1S/C17H12Cl2F6N2O2S/c18-12-2-1-3-13(14(12)19)27-15(30)26-9-4-10(28-7-16(20,21)22)6-11(5-9)29-8-17(23,24)25/h1-6H,7-8H2,(H2,26,27,30). The zero-order valence-electron chi connectivity index (χ0n) is 14.6. The number of anilines is 2. The van der Waals surface area contributed by atoms with Crippen LogP contribution in [-0.4, -0.2) is 30.7 Å². The van der Waals surface area contributed by atoms with Crippen LogP contribution in [0.25, 0.3) is 0 Å². The van der Waals surface area contributed by atoms with Crippen LogP contribution in [0.1, 0.15) is 0 Å². The molecule has 0 saturated carbocycles. The number of hydrogen-bond acceptors (Lipinski definition) is 3. The van der Waals surface area contributed by atoms with Crippen molar-refractivity contribution in [2.45, 2.75) is 12.4 Å². The second-order valence-electron chi connectivity index (χ2n) is 5.68. The lowest BCUT2D eigenvalue weighted by Crippen LogP contribution is -2.21. The number of benzene rings is 2. The van der Waals surface area contributed by atoms with Crippen LogP contribution < -0.4 is 20.1 Å². The maximum atomic E-state index is 12.4. The zero-order chi connectivity index (χ0) is 22.5. The molecule has 0 radical (unpaired) electrons. The molecule has 0 spiro atoms. The van der Waals surface area contributed by atoms with Crippen molar-refractivity contribution in [1.82, 2.24) is 0 Å². The Kier molecular flexibility index (Phi) is 7.89. The van der Waals surface area contributed by atoms with Crippen molar-refractivity contribution in [3.63, 3.8) is 0 Å². The second-order valence-corrected chi connectivity index (χ2v) is 6.87. The summed E-state index contributed by atoms with van der Waals surface area (Å²) in [5.41, 5.74) is 0.349. The molecule has 2 N–H and O–H groups in total. The van der Waals surface area contributed by atoms with Gasteiger partial charge in [-0.3, -0.25) is 0 Å². The number of rotatable bonds is 6. The van der Waals surface area contributed by atoms with Gasteiger partial charge in [0, 0.05) is 23.9 Å². The topological polar surface area (TPSA) is 42.5 Å². The number of alkyl halides is 6. The molecule has 0 unspecified atom stereocenters. The van der Waals surface area contributed by atoms with Crippen LogP contribution in [0.5, 0.6) is 11.5 Å². The Bertz CT molecular complexity index is 873. The fraction of sp³-hybridized carbons (Fsp3) is 0.235. The highest BCUT2D eigenvalue weighted by Gasteiger charge is 2.30. The number of nitrogens with one attached hydrogen (secondary N) is 2. The predicted octanol–water partition coefficient (Wildman–Crippen LogP) is 6.68. The summed E-state index contributed by atoms with van der Waals surface area (Å²) in [6, 6.07) is 7.81. The lowest BCUT2D eigenvalue weighted by Gasteiger charge is -2.16. The quantitative estimate of drug-likeness (QED) is 0.347. The number of halogens is 8. The first-order chi connectivity index (χ1) is 13.8. The highest BCUT2D eigenvalue weighted by molar-refractivity contribution is 7.80. The minimum absolute atomic E-state index is 0.0162. The number of thiocarbonyl (C=S) groups is 1. The van der Waals surface area contributed by atoms with E-state index in [1.165, 1.54) is 6.07 Å². The molecule has 0 amide bonds. The first-order valence-electron chi connectivity index (χ1n) is 7.88. The Morgan fingerprint density at radius 1 is 0.867 bits per heavy atom. The lowest BCUT2D eigenvalue weighted by atomic mass is 10.2. The van der Waals surface area contributed by atoms with E-state index in [4.69, 9.17) is 35.4 Å². The van der Waals surface area contributed by atoms with E-state index in [9.17, 15) is 26.3 Å². The summed E-state index contributed by atoms with van der Waals surface area (Å²) in [4.78, 5) is 0. The van der Waals surface area contributed by atoms with Crippen molar-refractivity contribution in [2.75, 3.05) is 23.8 Å². The number of ether oxygens (including phenoxy) is 2. The van der Waals surface area contributed by atoms with E-state index < -0.39 is 25.6 Å². The summed E-state index contributed by atoms with van der Waals surface area (Å²) in [7, 11) is 0. The average Bonchev–Trinajstić information content (AvgIpc) is 2.61. The van der Waals surface area contributed by atoms with E-state index >= 15 is 0 Å². The first kappa shape index (κ1) is 24.2. The summed E-state index contributed by atoms with van der Waals surface area (Å²) in [5.74, 6) is -0.754. The van der Waals surface area contributed by atoms with E-state index in [1.54, 1.807) is 12.1 Å². The van der Waals surface area contributed by atoms with Crippen molar-refractivity contribution in [1.29, 1.82) is 0 Å². The summed E-state index contributed by atoms with van der Waals surface area (Å²) in [6.45, 7) is -3.29. The van der Waals surface area contributed by atoms with Gasteiger partial charge < -0.3 is 20.1 Å². The molecule has 164 valence electrons. The summed E-state index contributed by atoms with van der Waals surface area (Å²) in [6.07, 6.45) is -9.28. The Labute approximate surface area is 182 Å². The third kappa shape index (κ3) is 8.33. The largest absolute Gasteiger partial charge is 0.484 e. The Morgan fingerprint density at radius 2 is 1.40 bits per heavy atom. The third-order valence-electron chi connectivity index (χ3n) is 3.14. The molecular formula is C17H12Cl2F6N2O2S. The molecule has 0 heterocycles. The van der Waals surface area contributed by atoms with Crippen molar-refractivity contribution in [3.8, 4) is 11.5 Å². The Balaban J connectivity index is 2.19. The van der Waals surface area contributed by atoms with Crippen LogP contribution in [0.4, 0.5) is 37.7 Å². The molecule has 0 saturated heterocycles. The zero-order valence-corrected chi connectivity index (χ0v) is 17.0. The molecule has 0 bridgehead atoms. The molecule has 0 atom stereocenters. The van der Waals surface area contributed by atoms with Gasteiger partial charge >= 0.3 is 12.4 Å². The van der Waals surface area contributed by atoms with Crippen LogP contribution >= 0.6 is 35.4 Å². The summed E-state index contributed by atoms with van der Waals surface area (Å²) >= 11 is 17.0. The van der Waals surface area contributed by atoms with Crippen molar-refractivity contribution in [3.05, 3.63) is 46.4 Å². The highest BCUT2D eigenvalue weighted by Crippen LogP contribution is 2.31. The minimum atomic E-state index is -4.64. The van der Waals surface area contributed by atoms with Crippen LogP contribution in [0.2, 0.25) is 10.0 Å². The van der Waals surface area contributed by atoms with E-state index in [2.05, 4.69) is 20.1 Å². The highest BCUT2D eigenvalue weighted by atomic mass is 35.5. The van der Waals surface area contributed by atoms with Crippen LogP contribution in [0, 0.1) is 0 Å². The van der Waals surface area contributed by atoms with Crippen LogP contribution in [0.15, 0.2) is 36.4 Å². The fourth-order valence-electron chi connectivity index (χ4n) is 2.03. The second kappa shape index (κ2) is 9.80. The van der Waals surface area contributed by atoms with Gasteiger partial charge in [0.05, 0.1) is 15.7 Å². The molecule has 30 heavy (non-hydrogen) atoms. The molecule has 0 aliphatic carbocycles. The van der Waals surface area contributed by atoms with E-state index in [-0.39, 0.29) is 32.3 Å². The first-order valence-corrected chi connectivity index (χ1v) is 9.05. The molecule has 13 heteroatoms. The molecule has 0 aliphatic heterocycles. The molecule has 4 nitrogen and oxygen atoms in total. The minimum Gasteiger partial charge on any atom is -0.484 e. The molecule has 0 fully saturated rings. The fourth-order valence-corrected chi connectivity index (χ4v) is 2.60. The van der Waals surface area contributed by atoms with Crippen molar-refractivity contribution >= 4 is 51.9 Å². The molecule has 0 aliphatic rings. The molecule has 2 aromatic carbocycles. The van der Waals surface area contributed by atoms with Gasteiger partial charge in [0.2, 0.25) is 0 Å². The Hall–Kier alpha value is -2.11. The van der Waals surface area contributed by atoms with Gasteiger partial charge in [0.15, 0.2) is 18.3 Å². The van der Waals surface area contributed by atoms with Gasteiger partial charge in [-0.05, 0) is 24.4 Å². The van der Waals surface area contributed by atoms with Gasteiger partial charge in [-0.15, -0.1) is 0 Å². The maximum Gasteiger partial charge on any atom is 0.422 e. The summed E-state index contributed by atoms with van der Waals surface area (Å²) < 4.78 is 83.5. The SMILES string of the molecule is FC(F)(F)COc1cc(NC(=S)Nc2cccc(Cl)c2Cl)cc(OCC(F)(F)F)c1. The van der Waals surface area contributed by atoms with Gasteiger partial charge in [0.25, 0.3) is 0 Å². The van der Waals surface area contributed by atoms with Gasteiger partial charge in [-0.2, -0.15) is 26.3 Å². The van der Waals surface area contributed by atoms with Crippen molar-refractivity contribution in [2.24, 2.45) is 0 Å². The monoisotopic (exact) mass is 492 g/mol. The molecule has 2 aromatic rings.